The molecule has 2 saturated heterocycles. The van der Waals surface area contributed by atoms with Crippen LogP contribution in [0.2, 0.25) is 0 Å². The molecule has 0 aromatic carbocycles. The third-order valence-electron chi connectivity index (χ3n) is 3.92. The van der Waals surface area contributed by atoms with Crippen LogP contribution in [0.15, 0.2) is 0 Å². The number of likely N-dealkylation sites (N-methyl/N-ethyl adjacent to an activating group) is 1. The molecule has 0 aliphatic carbocycles. The molecule has 0 bridgehead atoms. The SMILES string of the molecule is CCCNC1COCC1C(=O)NCC1CN(C)CCO1. The second-order valence-electron chi connectivity index (χ2n) is 5.70. The van der Waals surface area contributed by atoms with Crippen LogP contribution in [-0.4, -0.2) is 76.0 Å². The van der Waals surface area contributed by atoms with E-state index in [1.165, 1.54) is 0 Å². The highest BCUT2D eigenvalue weighted by atomic mass is 16.5. The predicted molar refractivity (Wildman–Crippen MR) is 76.6 cm³/mol. The number of nitrogens with zero attached hydrogens (tertiary/aromatic N) is 1. The average Bonchev–Trinajstić information content (AvgIpc) is 2.91. The molecule has 0 radical (unpaired) electrons. The fourth-order valence-corrected chi connectivity index (χ4v) is 2.68. The smallest absolute Gasteiger partial charge is 0.227 e. The second-order valence-corrected chi connectivity index (χ2v) is 5.70. The van der Waals surface area contributed by atoms with E-state index in [1.54, 1.807) is 0 Å². The van der Waals surface area contributed by atoms with Gasteiger partial charge in [0.05, 0.1) is 31.8 Å². The van der Waals surface area contributed by atoms with E-state index >= 15 is 0 Å². The van der Waals surface area contributed by atoms with Gasteiger partial charge in [0.25, 0.3) is 0 Å². The summed E-state index contributed by atoms with van der Waals surface area (Å²) in [5, 5.41) is 6.39. The number of carbonyl (C=O) groups is 1. The van der Waals surface area contributed by atoms with E-state index in [-0.39, 0.29) is 24.0 Å². The summed E-state index contributed by atoms with van der Waals surface area (Å²) < 4.78 is 11.1. The Morgan fingerprint density at radius 2 is 2.25 bits per heavy atom. The molecule has 2 aliphatic heterocycles. The maximum Gasteiger partial charge on any atom is 0.227 e. The Hall–Kier alpha value is -0.690. The number of hydrogen-bond acceptors (Lipinski definition) is 5. The van der Waals surface area contributed by atoms with Gasteiger partial charge >= 0.3 is 0 Å². The number of ether oxygens (including phenoxy) is 2. The molecule has 116 valence electrons. The monoisotopic (exact) mass is 285 g/mol. The van der Waals surface area contributed by atoms with E-state index in [9.17, 15) is 4.79 Å². The molecule has 2 N–H and O–H groups in total. The zero-order valence-electron chi connectivity index (χ0n) is 12.6. The van der Waals surface area contributed by atoms with Crippen LogP contribution in [0.25, 0.3) is 0 Å². The van der Waals surface area contributed by atoms with E-state index in [0.29, 0.717) is 19.8 Å². The highest BCUT2D eigenvalue weighted by Gasteiger charge is 2.33. The quantitative estimate of drug-likeness (QED) is 0.685. The molecule has 6 nitrogen and oxygen atoms in total. The summed E-state index contributed by atoms with van der Waals surface area (Å²) in [6, 6.07) is 0.143. The second kappa shape index (κ2) is 7.93. The van der Waals surface area contributed by atoms with Gasteiger partial charge in [-0.2, -0.15) is 0 Å². The first-order valence-electron chi connectivity index (χ1n) is 7.59. The van der Waals surface area contributed by atoms with Gasteiger partial charge in [-0.25, -0.2) is 0 Å². The Bertz CT molecular complexity index is 314. The fraction of sp³-hybridized carbons (Fsp3) is 0.929. The molecule has 0 saturated carbocycles. The molecule has 20 heavy (non-hydrogen) atoms. The Morgan fingerprint density at radius 1 is 1.40 bits per heavy atom. The number of hydrogen-bond donors (Lipinski definition) is 2. The van der Waals surface area contributed by atoms with Crippen LogP contribution in [0, 0.1) is 5.92 Å². The molecule has 6 heteroatoms. The molecule has 3 unspecified atom stereocenters. The van der Waals surface area contributed by atoms with Gasteiger partial charge in [0, 0.05) is 25.7 Å². The minimum absolute atomic E-state index is 0.0768. The van der Waals surface area contributed by atoms with E-state index in [4.69, 9.17) is 9.47 Å². The van der Waals surface area contributed by atoms with Gasteiger partial charge in [0.2, 0.25) is 5.91 Å². The molecule has 0 aromatic heterocycles. The third-order valence-corrected chi connectivity index (χ3v) is 3.92. The van der Waals surface area contributed by atoms with E-state index in [1.807, 2.05) is 0 Å². The summed E-state index contributed by atoms with van der Waals surface area (Å²) in [6.45, 7) is 7.34. The van der Waals surface area contributed by atoms with E-state index in [2.05, 4.69) is 29.5 Å². The Morgan fingerprint density at radius 3 is 3.00 bits per heavy atom. The van der Waals surface area contributed by atoms with Crippen molar-refractivity contribution >= 4 is 5.91 Å². The van der Waals surface area contributed by atoms with Crippen molar-refractivity contribution in [1.82, 2.24) is 15.5 Å². The Balaban J connectivity index is 1.73. The highest BCUT2D eigenvalue weighted by Crippen LogP contribution is 2.14. The maximum absolute atomic E-state index is 12.2. The Kier molecular flexibility index (Phi) is 6.22. The van der Waals surface area contributed by atoms with Crippen molar-refractivity contribution in [1.29, 1.82) is 0 Å². The first-order valence-corrected chi connectivity index (χ1v) is 7.59. The molecule has 0 spiro atoms. The highest BCUT2D eigenvalue weighted by molar-refractivity contribution is 5.79. The largest absolute Gasteiger partial charge is 0.379 e. The van der Waals surface area contributed by atoms with Crippen LogP contribution < -0.4 is 10.6 Å². The van der Waals surface area contributed by atoms with Gasteiger partial charge in [0.1, 0.15) is 0 Å². The average molecular weight is 285 g/mol. The summed E-state index contributed by atoms with van der Waals surface area (Å²) in [7, 11) is 2.08. The van der Waals surface area contributed by atoms with Gasteiger partial charge in [-0.1, -0.05) is 6.92 Å². The molecule has 1 amide bonds. The van der Waals surface area contributed by atoms with Crippen LogP contribution in [0.5, 0.6) is 0 Å². The summed E-state index contributed by atoms with van der Waals surface area (Å²) in [5.41, 5.74) is 0. The van der Waals surface area contributed by atoms with Crippen molar-refractivity contribution in [3.63, 3.8) is 0 Å². The standard InChI is InChI=1S/C14H27N3O3/c1-3-4-15-13-10-19-9-12(13)14(18)16-7-11-8-17(2)5-6-20-11/h11-13,15H,3-10H2,1-2H3,(H,16,18). The minimum atomic E-state index is -0.0807. The summed E-state index contributed by atoms with van der Waals surface area (Å²) in [5.74, 6) is -0.00389. The molecular weight excluding hydrogens is 258 g/mol. The van der Waals surface area contributed by atoms with Crippen molar-refractivity contribution < 1.29 is 14.3 Å². The number of rotatable bonds is 6. The predicted octanol–water partition coefficient (Wildman–Crippen LogP) is -0.552. The minimum Gasteiger partial charge on any atom is -0.379 e. The van der Waals surface area contributed by atoms with Gasteiger partial charge in [0.15, 0.2) is 0 Å². The zero-order chi connectivity index (χ0) is 14.4. The van der Waals surface area contributed by atoms with Crippen molar-refractivity contribution in [2.24, 2.45) is 5.92 Å². The molecular formula is C14H27N3O3. The summed E-state index contributed by atoms with van der Waals surface area (Å²) >= 11 is 0. The lowest BCUT2D eigenvalue weighted by atomic mass is 10.0. The summed E-state index contributed by atoms with van der Waals surface area (Å²) in [4.78, 5) is 14.5. The first-order chi connectivity index (χ1) is 9.70. The van der Waals surface area contributed by atoms with E-state index < -0.39 is 0 Å². The van der Waals surface area contributed by atoms with Gasteiger partial charge in [-0.15, -0.1) is 0 Å². The lowest BCUT2D eigenvalue weighted by Gasteiger charge is -2.30. The van der Waals surface area contributed by atoms with Crippen LogP contribution in [0.3, 0.4) is 0 Å². The summed E-state index contributed by atoms with van der Waals surface area (Å²) in [6.07, 6.45) is 1.16. The molecule has 0 aromatic rings. The fourth-order valence-electron chi connectivity index (χ4n) is 2.68. The molecule has 2 heterocycles. The number of morpholine rings is 1. The van der Waals surface area contributed by atoms with Crippen molar-refractivity contribution in [2.45, 2.75) is 25.5 Å². The van der Waals surface area contributed by atoms with Crippen molar-refractivity contribution in [3.05, 3.63) is 0 Å². The Labute approximate surface area is 121 Å². The third kappa shape index (κ3) is 4.41. The topological polar surface area (TPSA) is 62.8 Å². The van der Waals surface area contributed by atoms with Gasteiger partial charge < -0.3 is 25.0 Å². The van der Waals surface area contributed by atoms with Crippen molar-refractivity contribution in [2.75, 3.05) is 53.0 Å². The van der Waals surface area contributed by atoms with E-state index in [0.717, 1.165) is 32.7 Å². The van der Waals surface area contributed by atoms with Crippen LogP contribution in [0.1, 0.15) is 13.3 Å². The molecule has 2 rings (SSSR count). The van der Waals surface area contributed by atoms with Gasteiger partial charge in [-0.3, -0.25) is 4.79 Å². The molecule has 2 aliphatic rings. The van der Waals surface area contributed by atoms with Gasteiger partial charge in [-0.05, 0) is 20.0 Å². The maximum atomic E-state index is 12.2. The van der Waals surface area contributed by atoms with Crippen LogP contribution >= 0.6 is 0 Å². The van der Waals surface area contributed by atoms with Crippen molar-refractivity contribution in [3.8, 4) is 0 Å². The number of carbonyl (C=O) groups excluding carboxylic acids is 1. The zero-order valence-corrected chi connectivity index (χ0v) is 12.6. The normalized spacial score (nSPS) is 31.4. The molecule has 3 atom stereocenters. The lowest BCUT2D eigenvalue weighted by Crippen LogP contribution is -2.49. The lowest BCUT2D eigenvalue weighted by molar-refractivity contribution is -0.126. The number of amides is 1. The first kappa shape index (κ1) is 15.7. The van der Waals surface area contributed by atoms with Crippen LogP contribution in [0.4, 0.5) is 0 Å². The number of nitrogens with one attached hydrogen (secondary N) is 2. The molecule has 2 fully saturated rings. The van der Waals surface area contributed by atoms with Crippen LogP contribution in [-0.2, 0) is 14.3 Å².